The Bertz CT molecular complexity index is 1040. The molecule has 2 N–H and O–H groups in total. The van der Waals surface area contributed by atoms with Gasteiger partial charge in [-0.05, 0) is 49.7 Å². The van der Waals surface area contributed by atoms with E-state index >= 15 is 0 Å². The van der Waals surface area contributed by atoms with E-state index in [0.29, 0.717) is 31.2 Å². The summed E-state index contributed by atoms with van der Waals surface area (Å²) in [5.74, 6) is -1.04. The highest BCUT2D eigenvalue weighted by atomic mass is 32.3. The molecule has 0 saturated carbocycles. The molecule has 11 nitrogen and oxygen atoms in total. The van der Waals surface area contributed by atoms with E-state index in [0.717, 1.165) is 10.6 Å². The summed E-state index contributed by atoms with van der Waals surface area (Å²) in [4.78, 5) is 37.4. The van der Waals surface area contributed by atoms with E-state index in [9.17, 15) is 22.8 Å². The van der Waals surface area contributed by atoms with Crippen LogP contribution in [0.2, 0.25) is 0 Å². The lowest BCUT2D eigenvalue weighted by Gasteiger charge is -2.27. The fraction of sp³-hybridized carbons (Fsp3) is 0.591. The van der Waals surface area contributed by atoms with E-state index in [1.54, 1.807) is 12.1 Å². The first kappa shape index (κ1) is 25.9. The third-order valence-corrected chi connectivity index (χ3v) is 6.76. The van der Waals surface area contributed by atoms with Crippen LogP contribution in [0.3, 0.4) is 0 Å². The van der Waals surface area contributed by atoms with Gasteiger partial charge in [-0.25, -0.2) is 13.8 Å². The average Bonchev–Trinajstić information content (AvgIpc) is 2.99. The molecule has 12 heteroatoms. The summed E-state index contributed by atoms with van der Waals surface area (Å²) in [5.41, 5.74) is 6.08. The minimum absolute atomic E-state index is 0.161. The predicted octanol–water partition coefficient (Wildman–Crippen LogP) is 1.91. The summed E-state index contributed by atoms with van der Waals surface area (Å²) in [6.07, 6.45) is 1.75. The van der Waals surface area contributed by atoms with Crippen molar-refractivity contribution < 1.29 is 36.0 Å². The van der Waals surface area contributed by atoms with Gasteiger partial charge >= 0.3 is 22.4 Å². The topological polar surface area (TPSA) is 146 Å². The van der Waals surface area contributed by atoms with Gasteiger partial charge in [-0.2, -0.15) is 13.5 Å². The minimum atomic E-state index is -4.52. The molecule has 0 aromatic heterocycles. The van der Waals surface area contributed by atoms with Crippen LogP contribution >= 0.6 is 0 Å². The second-order valence-electron chi connectivity index (χ2n) is 9.37. The summed E-state index contributed by atoms with van der Waals surface area (Å²) in [7, 11) is -4.52. The molecule has 2 heterocycles. The van der Waals surface area contributed by atoms with Crippen molar-refractivity contribution in [3.05, 3.63) is 35.4 Å². The predicted molar refractivity (Wildman–Crippen MR) is 120 cm³/mol. The van der Waals surface area contributed by atoms with Gasteiger partial charge in [0.2, 0.25) is 5.91 Å². The molecule has 2 saturated heterocycles. The number of nitrogens with two attached hydrogens (primary N) is 1. The number of benzene rings is 1. The van der Waals surface area contributed by atoms with E-state index < -0.39 is 45.8 Å². The van der Waals surface area contributed by atoms with Crippen LogP contribution in [-0.2, 0) is 28.4 Å². The number of ether oxygens (including phenoxy) is 1. The number of fused-ring (bicyclic) bond motifs is 2. The molecule has 1 aromatic carbocycles. The highest BCUT2D eigenvalue weighted by Gasteiger charge is 2.49. The number of rotatable bonds is 11. The van der Waals surface area contributed by atoms with Gasteiger partial charge in [-0.15, -0.1) is 4.28 Å². The number of hydroxylamine groups is 2. The van der Waals surface area contributed by atoms with Crippen LogP contribution in [0.4, 0.5) is 4.79 Å². The first-order valence-electron chi connectivity index (χ1n) is 11.1. The number of esters is 1. The van der Waals surface area contributed by atoms with Gasteiger partial charge in [0.25, 0.3) is 0 Å². The summed E-state index contributed by atoms with van der Waals surface area (Å²) < 4.78 is 40.0. The monoisotopic (exact) mass is 497 g/mol. The van der Waals surface area contributed by atoms with Gasteiger partial charge in [-0.3, -0.25) is 4.79 Å². The quantitative estimate of drug-likeness (QED) is 0.360. The van der Waals surface area contributed by atoms with Crippen molar-refractivity contribution >= 4 is 28.3 Å². The number of aryl methyl sites for hydroxylation is 1. The van der Waals surface area contributed by atoms with Crippen LogP contribution in [0.15, 0.2) is 24.3 Å². The zero-order valence-electron chi connectivity index (χ0n) is 19.6. The molecule has 0 radical (unpaired) electrons. The molecule has 3 amide bonds. The number of carbonyl (C=O) groups excluding carboxylic acids is 3. The number of carbonyl (C=O) groups is 3. The zero-order valence-corrected chi connectivity index (χ0v) is 20.4. The van der Waals surface area contributed by atoms with Gasteiger partial charge in [0.05, 0.1) is 24.8 Å². The number of hydrogen-bond donors (Lipinski definition) is 1. The fourth-order valence-corrected chi connectivity index (χ4v) is 4.93. The Labute approximate surface area is 199 Å². The Morgan fingerprint density at radius 1 is 1.21 bits per heavy atom. The van der Waals surface area contributed by atoms with Crippen molar-refractivity contribution in [1.82, 2.24) is 9.96 Å². The van der Waals surface area contributed by atoms with Crippen molar-refractivity contribution in [2.75, 3.05) is 19.8 Å². The first-order chi connectivity index (χ1) is 15.9. The molecule has 2 aliphatic rings. The van der Waals surface area contributed by atoms with E-state index in [-0.39, 0.29) is 19.8 Å². The van der Waals surface area contributed by atoms with Gasteiger partial charge in [0, 0.05) is 6.54 Å². The van der Waals surface area contributed by atoms with E-state index in [4.69, 9.17) is 18.9 Å². The molecule has 188 valence electrons. The van der Waals surface area contributed by atoms with Gasteiger partial charge in [-0.1, -0.05) is 32.0 Å². The number of piperidine rings is 1. The maximum absolute atomic E-state index is 12.5. The Kier molecular flexibility index (Phi) is 7.84. The smallest absolute Gasteiger partial charge is 0.421 e. The molecule has 2 atom stereocenters. The second kappa shape index (κ2) is 10.3. The fourth-order valence-electron chi connectivity index (χ4n) is 4.04. The Morgan fingerprint density at radius 3 is 2.59 bits per heavy atom. The van der Waals surface area contributed by atoms with Crippen molar-refractivity contribution in [3.63, 3.8) is 0 Å². The van der Waals surface area contributed by atoms with Crippen LogP contribution in [0, 0.1) is 12.3 Å². The van der Waals surface area contributed by atoms with Gasteiger partial charge in [0.15, 0.2) is 0 Å². The lowest BCUT2D eigenvalue weighted by atomic mass is 9.89. The minimum Gasteiger partial charge on any atom is -0.462 e. The summed E-state index contributed by atoms with van der Waals surface area (Å²) in [6.45, 7) is 5.60. The van der Waals surface area contributed by atoms with Crippen LogP contribution in [0.25, 0.3) is 0 Å². The molecule has 34 heavy (non-hydrogen) atoms. The normalized spacial score (nSPS) is 20.5. The average molecular weight is 498 g/mol. The molecule has 2 bridgehead atoms. The SMILES string of the molecule is Cc1ccccc1C(=O)OCCCC(C)(C)COS(=O)(=O)ON1C(=O)N2CC1CCC2C(N)=O. The molecule has 1 aromatic rings. The third kappa shape index (κ3) is 6.24. The van der Waals surface area contributed by atoms with Crippen molar-refractivity contribution in [2.24, 2.45) is 11.1 Å². The molecule has 2 aliphatic heterocycles. The zero-order chi connectivity index (χ0) is 25.1. The lowest BCUT2D eigenvalue weighted by molar-refractivity contribution is -0.122. The largest absolute Gasteiger partial charge is 0.462 e. The van der Waals surface area contributed by atoms with Crippen molar-refractivity contribution in [3.8, 4) is 0 Å². The number of amides is 3. The summed E-state index contributed by atoms with van der Waals surface area (Å²) in [6, 6.07) is 5.13. The number of primary amides is 1. The second-order valence-corrected chi connectivity index (χ2v) is 10.6. The summed E-state index contributed by atoms with van der Waals surface area (Å²) in [5, 5.41) is 0.746. The Balaban J connectivity index is 1.44. The maximum atomic E-state index is 12.5. The molecule has 0 spiro atoms. The molecule has 0 aliphatic carbocycles. The highest BCUT2D eigenvalue weighted by Crippen LogP contribution is 2.31. The van der Waals surface area contributed by atoms with E-state index in [1.807, 2.05) is 32.9 Å². The molecule has 3 rings (SSSR count). The van der Waals surface area contributed by atoms with Crippen LogP contribution < -0.4 is 5.73 Å². The molecular weight excluding hydrogens is 466 g/mol. The molecule has 2 unspecified atom stereocenters. The standard InChI is InChI=1S/C22H31N3O8S/c1-15-7-4-5-8-17(15)20(27)31-12-6-11-22(2,3)14-32-34(29,30)33-25-16-9-10-18(19(23)26)24(13-16)21(25)28/h4-5,7-8,16,18H,6,9-14H2,1-3H3,(H2,23,26). The van der Waals surface area contributed by atoms with Crippen LogP contribution in [0.1, 0.15) is 55.5 Å². The molecular formula is C22H31N3O8S. The lowest BCUT2D eigenvalue weighted by Crippen LogP contribution is -2.47. The Hall–Kier alpha value is -2.70. The number of hydrogen-bond acceptors (Lipinski definition) is 8. The first-order valence-corrected chi connectivity index (χ1v) is 12.4. The third-order valence-electron chi connectivity index (χ3n) is 6.01. The van der Waals surface area contributed by atoms with E-state index in [2.05, 4.69) is 0 Å². The van der Waals surface area contributed by atoms with Crippen LogP contribution in [0.5, 0.6) is 0 Å². The van der Waals surface area contributed by atoms with Gasteiger partial charge < -0.3 is 15.4 Å². The van der Waals surface area contributed by atoms with E-state index in [1.165, 1.54) is 4.90 Å². The van der Waals surface area contributed by atoms with Crippen LogP contribution in [-0.4, -0.2) is 68.1 Å². The highest BCUT2D eigenvalue weighted by molar-refractivity contribution is 7.81. The number of urea groups is 1. The Morgan fingerprint density at radius 2 is 1.91 bits per heavy atom. The number of nitrogens with zero attached hydrogens (tertiary/aromatic N) is 2. The molecule has 2 fully saturated rings. The van der Waals surface area contributed by atoms with Crippen molar-refractivity contribution in [1.29, 1.82) is 0 Å². The summed E-state index contributed by atoms with van der Waals surface area (Å²) >= 11 is 0. The van der Waals surface area contributed by atoms with Gasteiger partial charge in [0.1, 0.15) is 6.04 Å². The maximum Gasteiger partial charge on any atom is 0.421 e. The van der Waals surface area contributed by atoms with Crippen molar-refractivity contribution in [2.45, 2.75) is 58.5 Å².